The van der Waals surface area contributed by atoms with Crippen molar-refractivity contribution in [1.29, 1.82) is 0 Å². The van der Waals surface area contributed by atoms with Gasteiger partial charge in [0.15, 0.2) is 0 Å². The van der Waals surface area contributed by atoms with Crippen molar-refractivity contribution >= 4 is 50.7 Å². The maximum atomic E-state index is 11.0. The number of nitro groups is 1. The lowest BCUT2D eigenvalue weighted by Gasteiger charge is -2.02. The molecule has 138 valence electrons. The molecule has 0 radical (unpaired) electrons. The highest BCUT2D eigenvalue weighted by Crippen LogP contribution is 2.37. The smallest absolute Gasteiger partial charge is 0.288 e. The van der Waals surface area contributed by atoms with Crippen LogP contribution >= 0.6 is 22.9 Å². The second kappa shape index (κ2) is 7.38. The Hall–Kier alpha value is -3.29. The number of rotatable bonds is 4. The Kier molecular flexibility index (Phi) is 4.77. The first-order valence-electron chi connectivity index (χ1n) is 8.18. The number of hydrogen-bond donors (Lipinski definition) is 1. The summed E-state index contributed by atoms with van der Waals surface area (Å²) >= 11 is 7.31. The van der Waals surface area contributed by atoms with Gasteiger partial charge in [-0.3, -0.25) is 15.1 Å². The Morgan fingerprint density at radius 1 is 1.14 bits per heavy atom. The van der Waals surface area contributed by atoms with Crippen LogP contribution in [0.15, 0.2) is 65.7 Å². The normalized spacial score (nSPS) is 11.3. The summed E-state index contributed by atoms with van der Waals surface area (Å²) in [7, 11) is 0. The van der Waals surface area contributed by atoms with Crippen molar-refractivity contribution in [2.45, 2.75) is 0 Å². The van der Waals surface area contributed by atoms with Gasteiger partial charge in [-0.2, -0.15) is 0 Å². The molecule has 0 unspecified atom stereocenters. The summed E-state index contributed by atoms with van der Waals surface area (Å²) < 4.78 is 1.03. The molecule has 4 rings (SSSR count). The second-order valence-corrected chi connectivity index (χ2v) is 7.35. The summed E-state index contributed by atoms with van der Waals surface area (Å²) in [5.41, 5.74) is 2.41. The summed E-state index contributed by atoms with van der Waals surface area (Å²) in [5.74, 6) is 0.111. The van der Waals surface area contributed by atoms with Crippen LogP contribution in [0.4, 0.5) is 11.4 Å². The van der Waals surface area contributed by atoms with E-state index in [1.165, 1.54) is 29.7 Å². The SMILES string of the molecule is O=[N+]([O-])c1cc(C=Nc2ccc(O)c(-c3nc4ccccc4s3)c2)ccc1Cl. The maximum Gasteiger partial charge on any atom is 0.288 e. The molecule has 0 saturated carbocycles. The predicted octanol–water partition coefficient (Wildman–Crippen LogP) is 5.98. The number of nitrogens with zero attached hydrogens (tertiary/aromatic N) is 3. The van der Waals surface area contributed by atoms with Crippen molar-refractivity contribution in [2.24, 2.45) is 4.99 Å². The Bertz CT molecular complexity index is 1200. The van der Waals surface area contributed by atoms with Crippen LogP contribution < -0.4 is 0 Å². The lowest BCUT2D eigenvalue weighted by Crippen LogP contribution is -1.91. The van der Waals surface area contributed by atoms with Crippen LogP contribution in [0.1, 0.15) is 5.56 Å². The fourth-order valence-corrected chi connectivity index (χ4v) is 3.84. The van der Waals surface area contributed by atoms with Crippen molar-refractivity contribution in [3.63, 3.8) is 0 Å². The molecule has 0 atom stereocenters. The average Bonchev–Trinajstić information content (AvgIpc) is 3.12. The standard InChI is InChI=1S/C20H12ClN3O3S/c21-15-7-5-12(9-17(15)24(26)27)11-22-13-6-8-18(25)14(10-13)20-23-16-3-1-2-4-19(16)28-20/h1-11,25H. The van der Waals surface area contributed by atoms with Gasteiger partial charge in [0.25, 0.3) is 5.69 Å². The van der Waals surface area contributed by atoms with E-state index in [-0.39, 0.29) is 16.5 Å². The van der Waals surface area contributed by atoms with Gasteiger partial charge in [0, 0.05) is 12.3 Å². The molecule has 0 aliphatic carbocycles. The van der Waals surface area contributed by atoms with Crippen LogP contribution in [0, 0.1) is 10.1 Å². The maximum absolute atomic E-state index is 11.0. The molecule has 0 spiro atoms. The summed E-state index contributed by atoms with van der Waals surface area (Å²) in [4.78, 5) is 19.4. The first-order valence-corrected chi connectivity index (χ1v) is 9.38. The molecule has 0 fully saturated rings. The molecule has 8 heteroatoms. The largest absolute Gasteiger partial charge is 0.507 e. The number of fused-ring (bicyclic) bond motifs is 1. The van der Waals surface area contributed by atoms with Gasteiger partial charge in [-0.05, 0) is 42.0 Å². The van der Waals surface area contributed by atoms with Crippen LogP contribution in [0.2, 0.25) is 5.02 Å². The molecular formula is C20H12ClN3O3S. The predicted molar refractivity (Wildman–Crippen MR) is 112 cm³/mol. The number of phenolic OH excluding ortho intramolecular Hbond substituents is 1. The average molecular weight is 410 g/mol. The highest BCUT2D eigenvalue weighted by Gasteiger charge is 2.13. The van der Waals surface area contributed by atoms with Crippen molar-refractivity contribution in [2.75, 3.05) is 0 Å². The van der Waals surface area contributed by atoms with Gasteiger partial charge in [-0.15, -0.1) is 11.3 Å². The second-order valence-electron chi connectivity index (χ2n) is 5.91. The monoisotopic (exact) mass is 409 g/mol. The number of thiazole rings is 1. The van der Waals surface area contributed by atoms with E-state index < -0.39 is 4.92 Å². The third-order valence-corrected chi connectivity index (χ3v) is 5.42. The number of aliphatic imine (C=N–C) groups is 1. The highest BCUT2D eigenvalue weighted by atomic mass is 35.5. The molecule has 0 aliphatic heterocycles. The summed E-state index contributed by atoms with van der Waals surface area (Å²) in [6, 6.07) is 17.2. The van der Waals surface area contributed by atoms with Gasteiger partial charge in [-0.1, -0.05) is 29.8 Å². The van der Waals surface area contributed by atoms with Gasteiger partial charge in [-0.25, -0.2) is 4.98 Å². The molecule has 0 amide bonds. The molecule has 0 aliphatic rings. The number of halogens is 1. The van der Waals surface area contributed by atoms with E-state index in [0.717, 1.165) is 10.2 Å². The topological polar surface area (TPSA) is 88.6 Å². The van der Waals surface area contributed by atoms with Crippen LogP contribution in [-0.4, -0.2) is 21.2 Å². The Labute approximate surface area is 168 Å². The minimum Gasteiger partial charge on any atom is -0.507 e. The van der Waals surface area contributed by atoms with Crippen LogP contribution in [0.5, 0.6) is 5.75 Å². The number of aromatic nitrogens is 1. The van der Waals surface area contributed by atoms with Gasteiger partial charge in [0.2, 0.25) is 0 Å². The minimum absolute atomic E-state index is 0.0740. The van der Waals surface area contributed by atoms with Gasteiger partial charge < -0.3 is 5.11 Å². The zero-order valence-electron chi connectivity index (χ0n) is 14.2. The number of phenols is 1. The number of hydrogen-bond acceptors (Lipinski definition) is 6. The molecule has 1 heterocycles. The zero-order chi connectivity index (χ0) is 19.7. The molecule has 4 aromatic rings. The number of benzene rings is 3. The summed E-state index contributed by atoms with van der Waals surface area (Å²) in [6.45, 7) is 0. The first kappa shape index (κ1) is 18.1. The van der Waals surface area contributed by atoms with Gasteiger partial charge in [0.1, 0.15) is 15.8 Å². The molecule has 28 heavy (non-hydrogen) atoms. The van der Waals surface area contributed by atoms with E-state index >= 15 is 0 Å². The molecular weight excluding hydrogens is 398 g/mol. The fourth-order valence-electron chi connectivity index (χ4n) is 2.66. The van der Waals surface area contributed by atoms with Gasteiger partial charge in [0.05, 0.1) is 26.4 Å². The third-order valence-electron chi connectivity index (χ3n) is 4.03. The fraction of sp³-hybridized carbons (Fsp3) is 0. The zero-order valence-corrected chi connectivity index (χ0v) is 15.8. The summed E-state index contributed by atoms with van der Waals surface area (Å²) in [5, 5.41) is 22.0. The van der Waals surface area contributed by atoms with Crippen molar-refractivity contribution in [3.05, 3.63) is 81.4 Å². The van der Waals surface area contributed by atoms with E-state index in [2.05, 4.69) is 9.98 Å². The van der Waals surface area contributed by atoms with Crippen LogP contribution in [0.3, 0.4) is 0 Å². The van der Waals surface area contributed by atoms with Crippen molar-refractivity contribution in [3.8, 4) is 16.3 Å². The van der Waals surface area contributed by atoms with E-state index in [9.17, 15) is 15.2 Å². The first-order chi connectivity index (χ1) is 13.5. The Balaban J connectivity index is 1.68. The van der Waals surface area contributed by atoms with Crippen molar-refractivity contribution < 1.29 is 10.0 Å². The van der Waals surface area contributed by atoms with Crippen LogP contribution in [0.25, 0.3) is 20.8 Å². The number of nitro benzene ring substituents is 1. The highest BCUT2D eigenvalue weighted by molar-refractivity contribution is 7.21. The molecule has 0 bridgehead atoms. The quantitative estimate of drug-likeness (QED) is 0.255. The van der Waals surface area contributed by atoms with E-state index in [1.807, 2.05) is 24.3 Å². The van der Waals surface area contributed by atoms with Crippen LogP contribution in [-0.2, 0) is 0 Å². The lowest BCUT2D eigenvalue weighted by atomic mass is 10.2. The Morgan fingerprint density at radius 3 is 2.75 bits per heavy atom. The molecule has 0 saturated heterocycles. The van der Waals surface area contributed by atoms with E-state index in [4.69, 9.17) is 11.6 Å². The lowest BCUT2D eigenvalue weighted by molar-refractivity contribution is -0.384. The molecule has 6 nitrogen and oxygen atoms in total. The van der Waals surface area contributed by atoms with Gasteiger partial charge >= 0.3 is 0 Å². The molecule has 3 aromatic carbocycles. The summed E-state index contributed by atoms with van der Waals surface area (Å²) in [6.07, 6.45) is 1.51. The van der Waals surface area contributed by atoms with Crippen molar-refractivity contribution in [1.82, 2.24) is 4.98 Å². The number of aromatic hydroxyl groups is 1. The van der Waals surface area contributed by atoms with E-state index in [0.29, 0.717) is 21.8 Å². The number of para-hydroxylation sites is 1. The Morgan fingerprint density at radius 2 is 1.96 bits per heavy atom. The molecule has 1 aromatic heterocycles. The van der Waals surface area contributed by atoms with E-state index in [1.54, 1.807) is 24.3 Å². The minimum atomic E-state index is -0.536. The molecule has 1 N–H and O–H groups in total. The third kappa shape index (κ3) is 3.58.